The maximum absolute atomic E-state index is 3.59. The minimum absolute atomic E-state index is 0.572. The molecule has 1 aliphatic rings. The molecule has 1 aliphatic heterocycles. The first-order chi connectivity index (χ1) is 6.17. The van der Waals surface area contributed by atoms with Gasteiger partial charge in [-0.25, -0.2) is 4.31 Å². The van der Waals surface area contributed by atoms with Crippen LogP contribution in [0.4, 0.5) is 0 Å². The van der Waals surface area contributed by atoms with Crippen LogP contribution < -0.4 is 10.6 Å². The van der Waals surface area contributed by atoms with E-state index in [1.54, 1.807) is 0 Å². The first kappa shape index (κ1) is 11.3. The third kappa shape index (κ3) is 3.13. The molecule has 13 heavy (non-hydrogen) atoms. The Labute approximate surface area is 85.8 Å². The van der Waals surface area contributed by atoms with E-state index in [0.717, 1.165) is 13.1 Å². The number of nitrogens with one attached hydrogen (secondary N) is 2. The van der Waals surface area contributed by atoms with E-state index < -0.39 is 0 Å². The lowest BCUT2D eigenvalue weighted by Gasteiger charge is -2.21. The summed E-state index contributed by atoms with van der Waals surface area (Å²) in [7, 11) is 2.05. The third-order valence-corrected chi connectivity index (χ3v) is 3.28. The van der Waals surface area contributed by atoms with Crippen LogP contribution in [0.25, 0.3) is 0 Å². The van der Waals surface area contributed by atoms with Crippen LogP contribution in [0.3, 0.4) is 0 Å². The molecule has 1 rings (SSSR count). The van der Waals surface area contributed by atoms with Gasteiger partial charge in [-0.1, -0.05) is 25.8 Å². The van der Waals surface area contributed by atoms with Crippen molar-refractivity contribution in [1.29, 1.82) is 0 Å². The van der Waals surface area contributed by atoms with Crippen LogP contribution in [0.5, 0.6) is 0 Å². The van der Waals surface area contributed by atoms with Gasteiger partial charge in [0.1, 0.15) is 0 Å². The van der Waals surface area contributed by atoms with Gasteiger partial charge in [0.15, 0.2) is 0 Å². The fourth-order valence-electron chi connectivity index (χ4n) is 1.81. The number of rotatable bonds is 4. The molecule has 0 aromatic carbocycles. The molecule has 0 saturated carbocycles. The van der Waals surface area contributed by atoms with E-state index in [4.69, 9.17) is 0 Å². The largest absolute Gasteiger partial charge is 0.314 e. The van der Waals surface area contributed by atoms with Gasteiger partial charge in [0.2, 0.25) is 0 Å². The van der Waals surface area contributed by atoms with Gasteiger partial charge >= 0.3 is 0 Å². The molecule has 0 amide bonds. The summed E-state index contributed by atoms with van der Waals surface area (Å²) in [5, 5.41) is 6.96. The molecule has 0 aromatic heterocycles. The van der Waals surface area contributed by atoms with Crippen LogP contribution in [-0.4, -0.2) is 48.8 Å². The smallest absolute Gasteiger partial charge is 0.0373 e. The van der Waals surface area contributed by atoms with Crippen LogP contribution in [0.15, 0.2) is 0 Å². The van der Waals surface area contributed by atoms with E-state index in [2.05, 4.69) is 35.0 Å². The summed E-state index contributed by atoms with van der Waals surface area (Å²) in [6, 6.07) is 1.76. The van der Waals surface area contributed by atoms with Crippen molar-refractivity contribution in [3.8, 4) is 0 Å². The Morgan fingerprint density at radius 1 is 1.31 bits per heavy atom. The van der Waals surface area contributed by atoms with E-state index in [1.165, 1.54) is 0 Å². The van der Waals surface area contributed by atoms with Crippen LogP contribution in [0.1, 0.15) is 13.8 Å². The Hall–Kier alpha value is 0.230. The Balaban J connectivity index is 2.43. The summed E-state index contributed by atoms with van der Waals surface area (Å²) >= 11 is 1.84. The highest BCUT2D eigenvalue weighted by molar-refractivity contribution is 7.96. The van der Waals surface area contributed by atoms with Crippen molar-refractivity contribution in [3.63, 3.8) is 0 Å². The lowest BCUT2D eigenvalue weighted by Crippen LogP contribution is -2.48. The Morgan fingerprint density at radius 3 is 2.38 bits per heavy atom. The summed E-state index contributed by atoms with van der Waals surface area (Å²) in [5.74, 6) is 0. The molecule has 0 radical (unpaired) electrons. The molecule has 0 aromatic rings. The highest BCUT2D eigenvalue weighted by Gasteiger charge is 2.31. The highest BCUT2D eigenvalue weighted by Crippen LogP contribution is 2.17. The van der Waals surface area contributed by atoms with Gasteiger partial charge < -0.3 is 10.6 Å². The standard InChI is InChI=1S/C9H21N3S/c1-7(2)11-9-6-12(13-4)5-8(9)10-3/h7-11H,5-6H2,1-4H3/t8-,9-/m0/s1. The van der Waals surface area contributed by atoms with Gasteiger partial charge in [0, 0.05) is 31.2 Å². The van der Waals surface area contributed by atoms with Gasteiger partial charge in [-0.15, -0.1) is 0 Å². The molecule has 0 aliphatic carbocycles. The van der Waals surface area contributed by atoms with E-state index in [9.17, 15) is 0 Å². The quantitative estimate of drug-likeness (QED) is 0.652. The summed E-state index contributed by atoms with van der Waals surface area (Å²) in [5.41, 5.74) is 0. The molecule has 2 atom stereocenters. The predicted octanol–water partition coefficient (Wildman–Crippen LogP) is 0.535. The third-order valence-electron chi connectivity index (χ3n) is 2.46. The maximum Gasteiger partial charge on any atom is 0.0373 e. The fourth-order valence-corrected chi connectivity index (χ4v) is 2.43. The van der Waals surface area contributed by atoms with E-state index in [1.807, 2.05) is 19.0 Å². The first-order valence-electron chi connectivity index (χ1n) is 4.89. The minimum Gasteiger partial charge on any atom is -0.314 e. The zero-order valence-corrected chi connectivity index (χ0v) is 9.82. The summed E-state index contributed by atoms with van der Waals surface area (Å²) < 4.78 is 2.40. The van der Waals surface area contributed by atoms with E-state index >= 15 is 0 Å². The number of hydrogen-bond donors (Lipinski definition) is 2. The van der Waals surface area contributed by atoms with Crippen LogP contribution in [0.2, 0.25) is 0 Å². The highest BCUT2D eigenvalue weighted by atomic mass is 32.2. The number of hydrogen-bond acceptors (Lipinski definition) is 4. The molecule has 1 fully saturated rings. The predicted molar refractivity (Wildman–Crippen MR) is 60.0 cm³/mol. The lowest BCUT2D eigenvalue weighted by molar-refractivity contribution is 0.421. The average molecular weight is 203 g/mol. The van der Waals surface area contributed by atoms with Crippen LogP contribution in [-0.2, 0) is 0 Å². The second kappa shape index (κ2) is 5.20. The average Bonchev–Trinajstić information content (AvgIpc) is 2.46. The van der Waals surface area contributed by atoms with Gasteiger partial charge in [-0.3, -0.25) is 0 Å². The van der Waals surface area contributed by atoms with Gasteiger partial charge in [0.25, 0.3) is 0 Å². The Bertz CT molecular complexity index is 152. The molecule has 3 nitrogen and oxygen atoms in total. The van der Waals surface area contributed by atoms with Gasteiger partial charge in [0.05, 0.1) is 0 Å². The molecule has 1 heterocycles. The SMILES string of the molecule is CN[C@H]1CN(SC)C[C@@H]1NC(C)C. The summed E-state index contributed by atoms with van der Waals surface area (Å²) in [4.78, 5) is 0. The molecule has 0 spiro atoms. The van der Waals surface area contributed by atoms with Crippen LogP contribution in [0, 0.1) is 0 Å². The van der Waals surface area contributed by atoms with Gasteiger partial charge in [-0.2, -0.15) is 0 Å². The summed E-state index contributed by atoms with van der Waals surface area (Å²) in [6.45, 7) is 6.69. The van der Waals surface area contributed by atoms with Crippen molar-refractivity contribution in [2.24, 2.45) is 0 Å². The molecular weight excluding hydrogens is 182 g/mol. The monoisotopic (exact) mass is 203 g/mol. The van der Waals surface area contributed by atoms with Crippen molar-refractivity contribution in [2.45, 2.75) is 32.0 Å². The molecular formula is C9H21N3S. The van der Waals surface area contributed by atoms with Crippen molar-refractivity contribution in [3.05, 3.63) is 0 Å². The molecule has 4 heteroatoms. The number of likely N-dealkylation sites (N-methyl/N-ethyl adjacent to an activating group) is 1. The van der Waals surface area contributed by atoms with E-state index in [0.29, 0.717) is 18.1 Å². The van der Waals surface area contributed by atoms with Crippen molar-refractivity contribution in [2.75, 3.05) is 26.4 Å². The van der Waals surface area contributed by atoms with E-state index in [-0.39, 0.29) is 0 Å². The number of nitrogens with zero attached hydrogens (tertiary/aromatic N) is 1. The lowest BCUT2D eigenvalue weighted by atomic mass is 10.1. The molecule has 0 bridgehead atoms. The van der Waals surface area contributed by atoms with Crippen molar-refractivity contribution < 1.29 is 0 Å². The van der Waals surface area contributed by atoms with Crippen LogP contribution >= 0.6 is 11.9 Å². The van der Waals surface area contributed by atoms with Gasteiger partial charge in [-0.05, 0) is 13.3 Å². The summed E-state index contributed by atoms with van der Waals surface area (Å²) in [6.07, 6.45) is 2.14. The normalized spacial score (nSPS) is 30.2. The van der Waals surface area contributed by atoms with Crippen molar-refractivity contribution >= 4 is 11.9 Å². The zero-order valence-electron chi connectivity index (χ0n) is 9.00. The molecule has 1 saturated heterocycles. The molecule has 78 valence electrons. The molecule has 2 N–H and O–H groups in total. The first-order valence-corrected chi connectivity index (χ1v) is 6.08. The fraction of sp³-hybridized carbons (Fsp3) is 1.00. The minimum atomic E-state index is 0.572. The second-order valence-electron chi connectivity index (χ2n) is 3.85. The Kier molecular flexibility index (Phi) is 4.52. The topological polar surface area (TPSA) is 27.3 Å². The Morgan fingerprint density at radius 2 is 1.92 bits per heavy atom. The van der Waals surface area contributed by atoms with Crippen molar-refractivity contribution in [1.82, 2.24) is 14.9 Å². The zero-order chi connectivity index (χ0) is 9.84. The molecule has 0 unspecified atom stereocenters. The second-order valence-corrected chi connectivity index (χ2v) is 4.73. The maximum atomic E-state index is 3.59.